The summed E-state index contributed by atoms with van der Waals surface area (Å²) in [6.07, 6.45) is -0.0660. The van der Waals surface area contributed by atoms with E-state index in [4.69, 9.17) is 5.11 Å². The summed E-state index contributed by atoms with van der Waals surface area (Å²) < 4.78 is 0. The minimum absolute atomic E-state index is 0.0660. The minimum atomic E-state index is -0.920. The molecule has 0 spiro atoms. The number of nitrogens with one attached hydrogen (secondary N) is 1. The van der Waals surface area contributed by atoms with Crippen molar-refractivity contribution in [3.05, 3.63) is 30.3 Å². The highest BCUT2D eigenvalue weighted by atomic mass is 16.4. The number of benzene rings is 1. The molecule has 0 aromatic heterocycles. The van der Waals surface area contributed by atoms with Crippen LogP contribution in [0.2, 0.25) is 0 Å². The first-order valence-electron chi connectivity index (χ1n) is 6.47. The average Bonchev–Trinajstić information content (AvgIpc) is 2.44. The first-order valence-corrected chi connectivity index (χ1v) is 6.47. The molecule has 1 aromatic carbocycles. The van der Waals surface area contributed by atoms with E-state index in [2.05, 4.69) is 10.2 Å². The summed E-state index contributed by atoms with van der Waals surface area (Å²) in [4.78, 5) is 25.6. The number of carbonyl (C=O) groups excluding carboxylic acids is 1. The van der Waals surface area contributed by atoms with Gasteiger partial charge in [-0.15, -0.1) is 0 Å². The van der Waals surface area contributed by atoms with Gasteiger partial charge in [-0.05, 0) is 12.1 Å². The molecule has 0 saturated heterocycles. The molecule has 2 N–H and O–H groups in total. The van der Waals surface area contributed by atoms with Crippen LogP contribution in [0.5, 0.6) is 0 Å². The van der Waals surface area contributed by atoms with Crippen molar-refractivity contribution in [1.82, 2.24) is 10.2 Å². The Morgan fingerprint density at radius 3 is 2.40 bits per heavy atom. The highest BCUT2D eigenvalue weighted by molar-refractivity contribution is 5.75. The second-order valence-corrected chi connectivity index (χ2v) is 4.55. The third-order valence-corrected chi connectivity index (χ3v) is 2.93. The van der Waals surface area contributed by atoms with Crippen LogP contribution in [0.25, 0.3) is 0 Å². The average molecular weight is 279 g/mol. The maximum absolute atomic E-state index is 11.7. The third-order valence-electron chi connectivity index (χ3n) is 2.93. The predicted molar refractivity (Wildman–Crippen MR) is 78.0 cm³/mol. The number of amides is 2. The quantitative estimate of drug-likeness (QED) is 0.787. The van der Waals surface area contributed by atoms with E-state index >= 15 is 0 Å². The summed E-state index contributed by atoms with van der Waals surface area (Å²) in [6, 6.07) is 9.65. The summed E-state index contributed by atoms with van der Waals surface area (Å²) >= 11 is 0. The van der Waals surface area contributed by atoms with Crippen molar-refractivity contribution in [1.29, 1.82) is 0 Å². The highest BCUT2D eigenvalue weighted by Crippen LogP contribution is 2.10. The SMILES string of the molecule is CN(CCN(C)c1ccccc1)C(=O)NCCC(=O)O. The van der Waals surface area contributed by atoms with Crippen LogP contribution in [0.1, 0.15) is 6.42 Å². The monoisotopic (exact) mass is 279 g/mol. The molecule has 0 fully saturated rings. The Balaban J connectivity index is 2.30. The number of nitrogens with zero attached hydrogens (tertiary/aromatic N) is 2. The van der Waals surface area contributed by atoms with Crippen molar-refractivity contribution in [2.75, 3.05) is 38.6 Å². The fourth-order valence-corrected chi connectivity index (χ4v) is 1.62. The van der Waals surface area contributed by atoms with E-state index in [0.717, 1.165) is 5.69 Å². The smallest absolute Gasteiger partial charge is 0.317 e. The molecule has 2 amide bonds. The molecule has 0 radical (unpaired) electrons. The van der Waals surface area contributed by atoms with Gasteiger partial charge in [0.25, 0.3) is 0 Å². The van der Waals surface area contributed by atoms with E-state index in [1.165, 1.54) is 0 Å². The van der Waals surface area contributed by atoms with Crippen LogP contribution in [-0.2, 0) is 4.79 Å². The fraction of sp³-hybridized carbons (Fsp3) is 0.429. The lowest BCUT2D eigenvalue weighted by molar-refractivity contribution is -0.136. The maximum atomic E-state index is 11.7. The standard InChI is InChI=1S/C14H21N3O3/c1-16(12-6-4-3-5-7-12)10-11-17(2)14(20)15-9-8-13(18)19/h3-7H,8-11H2,1-2H3,(H,15,20)(H,18,19). The Bertz CT molecular complexity index is 437. The number of carboxylic acids is 1. The van der Waals surface area contributed by atoms with E-state index in [0.29, 0.717) is 13.1 Å². The van der Waals surface area contributed by atoms with Gasteiger partial charge in [-0.3, -0.25) is 4.79 Å². The molecule has 20 heavy (non-hydrogen) atoms. The first-order chi connectivity index (χ1) is 9.50. The number of urea groups is 1. The number of hydrogen-bond donors (Lipinski definition) is 2. The molecular weight excluding hydrogens is 258 g/mol. The van der Waals surface area contributed by atoms with E-state index < -0.39 is 5.97 Å². The number of rotatable bonds is 7. The van der Waals surface area contributed by atoms with Gasteiger partial charge in [0.1, 0.15) is 0 Å². The Labute approximate surface area is 119 Å². The van der Waals surface area contributed by atoms with Gasteiger partial charge in [0, 0.05) is 39.4 Å². The lowest BCUT2D eigenvalue weighted by Gasteiger charge is -2.24. The molecule has 0 atom stereocenters. The summed E-state index contributed by atoms with van der Waals surface area (Å²) in [5.74, 6) is -0.920. The Hall–Kier alpha value is -2.24. The Morgan fingerprint density at radius 1 is 1.15 bits per heavy atom. The van der Waals surface area contributed by atoms with Gasteiger partial charge >= 0.3 is 12.0 Å². The molecule has 110 valence electrons. The number of hydrogen-bond acceptors (Lipinski definition) is 3. The van der Waals surface area contributed by atoms with Gasteiger partial charge in [-0.1, -0.05) is 18.2 Å². The van der Waals surface area contributed by atoms with E-state index in [9.17, 15) is 9.59 Å². The lowest BCUT2D eigenvalue weighted by atomic mass is 10.3. The van der Waals surface area contributed by atoms with Crippen LogP contribution in [-0.4, -0.2) is 55.7 Å². The largest absolute Gasteiger partial charge is 0.481 e. The van der Waals surface area contributed by atoms with Crippen molar-refractivity contribution in [2.24, 2.45) is 0 Å². The lowest BCUT2D eigenvalue weighted by Crippen LogP contribution is -2.41. The van der Waals surface area contributed by atoms with Crippen molar-refractivity contribution in [3.63, 3.8) is 0 Å². The molecule has 0 aliphatic carbocycles. The summed E-state index contributed by atoms with van der Waals surface area (Å²) in [6.45, 7) is 1.41. The Kier molecular flexibility index (Phi) is 6.36. The molecule has 1 rings (SSSR count). The summed E-state index contributed by atoms with van der Waals surface area (Å²) in [5.41, 5.74) is 1.09. The Morgan fingerprint density at radius 2 is 1.80 bits per heavy atom. The molecule has 0 heterocycles. The zero-order valence-corrected chi connectivity index (χ0v) is 11.9. The number of anilines is 1. The van der Waals surface area contributed by atoms with Gasteiger partial charge < -0.3 is 20.2 Å². The predicted octanol–water partition coefficient (Wildman–Crippen LogP) is 1.24. The van der Waals surface area contributed by atoms with Gasteiger partial charge in [0.15, 0.2) is 0 Å². The van der Waals surface area contributed by atoms with Crippen molar-refractivity contribution >= 4 is 17.7 Å². The number of carbonyl (C=O) groups is 2. The van der Waals surface area contributed by atoms with E-state index in [1.807, 2.05) is 37.4 Å². The van der Waals surface area contributed by atoms with Gasteiger partial charge in [-0.25, -0.2) is 4.79 Å². The topological polar surface area (TPSA) is 72.9 Å². The molecule has 6 nitrogen and oxygen atoms in total. The summed E-state index contributed by atoms with van der Waals surface area (Å²) in [7, 11) is 3.65. The van der Waals surface area contributed by atoms with Gasteiger partial charge in [0.2, 0.25) is 0 Å². The van der Waals surface area contributed by atoms with Gasteiger partial charge in [0.05, 0.1) is 6.42 Å². The zero-order valence-electron chi connectivity index (χ0n) is 11.9. The first kappa shape index (κ1) is 15.8. The van der Waals surface area contributed by atoms with Crippen LogP contribution in [0.3, 0.4) is 0 Å². The maximum Gasteiger partial charge on any atom is 0.317 e. The molecule has 0 aliphatic heterocycles. The van der Waals surface area contributed by atoms with Gasteiger partial charge in [-0.2, -0.15) is 0 Å². The van der Waals surface area contributed by atoms with E-state index in [1.54, 1.807) is 11.9 Å². The molecular formula is C14H21N3O3. The van der Waals surface area contributed by atoms with Crippen LogP contribution in [0.4, 0.5) is 10.5 Å². The zero-order chi connectivity index (χ0) is 15.0. The number of carboxylic acid groups (broad SMARTS) is 1. The van der Waals surface area contributed by atoms with Crippen LogP contribution in [0.15, 0.2) is 30.3 Å². The highest BCUT2D eigenvalue weighted by Gasteiger charge is 2.09. The molecule has 1 aromatic rings. The van der Waals surface area contributed by atoms with Crippen LogP contribution >= 0.6 is 0 Å². The molecule has 6 heteroatoms. The number of aliphatic carboxylic acids is 1. The second kappa shape index (κ2) is 8.04. The normalized spacial score (nSPS) is 9.90. The summed E-state index contributed by atoms with van der Waals surface area (Å²) in [5, 5.41) is 11.1. The van der Waals surface area contributed by atoms with E-state index in [-0.39, 0.29) is 19.0 Å². The molecule has 0 bridgehead atoms. The second-order valence-electron chi connectivity index (χ2n) is 4.55. The number of para-hydroxylation sites is 1. The molecule has 0 aliphatic rings. The minimum Gasteiger partial charge on any atom is -0.481 e. The van der Waals surface area contributed by atoms with Crippen molar-refractivity contribution < 1.29 is 14.7 Å². The number of likely N-dealkylation sites (N-methyl/N-ethyl adjacent to an activating group) is 2. The third kappa shape index (κ3) is 5.60. The van der Waals surface area contributed by atoms with Crippen molar-refractivity contribution in [2.45, 2.75) is 6.42 Å². The fourth-order valence-electron chi connectivity index (χ4n) is 1.62. The van der Waals surface area contributed by atoms with Crippen LogP contribution in [0, 0.1) is 0 Å². The van der Waals surface area contributed by atoms with Crippen molar-refractivity contribution in [3.8, 4) is 0 Å². The van der Waals surface area contributed by atoms with Crippen LogP contribution < -0.4 is 10.2 Å². The molecule has 0 saturated carbocycles. The molecule has 0 unspecified atom stereocenters.